The summed E-state index contributed by atoms with van der Waals surface area (Å²) in [5.74, 6) is 0.0570. The number of hydrogen-bond donors (Lipinski definition) is 2. The van der Waals surface area contributed by atoms with Gasteiger partial charge in [-0.2, -0.15) is 0 Å². The molecule has 0 saturated carbocycles. The minimum atomic E-state index is -0.521. The van der Waals surface area contributed by atoms with E-state index in [0.29, 0.717) is 27.9 Å². The summed E-state index contributed by atoms with van der Waals surface area (Å²) in [5, 5.41) is 5.92. The Morgan fingerprint density at radius 2 is 1.37 bits per heavy atom. The third kappa shape index (κ3) is 3.55. The van der Waals surface area contributed by atoms with E-state index in [1.54, 1.807) is 68.6 Å². The molecule has 6 nitrogen and oxygen atoms in total. The van der Waals surface area contributed by atoms with Gasteiger partial charge >= 0.3 is 0 Å². The fourth-order valence-electron chi connectivity index (χ4n) is 3.43. The van der Waals surface area contributed by atoms with Crippen LogP contribution < -0.4 is 15.4 Å². The highest BCUT2D eigenvalue weighted by atomic mass is 16.5. The Bertz CT molecular complexity index is 1150. The number of rotatable bonds is 5. The molecule has 150 valence electrons. The van der Waals surface area contributed by atoms with Crippen LogP contribution in [0.2, 0.25) is 0 Å². The molecule has 3 aromatic carbocycles. The van der Waals surface area contributed by atoms with Gasteiger partial charge in [-0.3, -0.25) is 14.4 Å². The summed E-state index contributed by atoms with van der Waals surface area (Å²) >= 11 is 0. The van der Waals surface area contributed by atoms with Gasteiger partial charge in [-0.1, -0.05) is 24.3 Å². The summed E-state index contributed by atoms with van der Waals surface area (Å²) in [7, 11) is 1.59. The molecule has 2 N–H and O–H groups in total. The van der Waals surface area contributed by atoms with Gasteiger partial charge in [0.05, 0.1) is 7.11 Å². The second-order valence-corrected chi connectivity index (χ2v) is 7.05. The van der Waals surface area contributed by atoms with Crippen LogP contribution in [-0.4, -0.2) is 30.6 Å². The molecule has 1 aliphatic rings. The van der Waals surface area contributed by atoms with Crippen molar-refractivity contribution in [3.8, 4) is 5.75 Å². The van der Waals surface area contributed by atoms with E-state index in [9.17, 15) is 14.4 Å². The summed E-state index contributed by atoms with van der Waals surface area (Å²) in [5.41, 5.74) is 2.68. The van der Waals surface area contributed by atoms with Crippen LogP contribution in [0.4, 0.5) is 11.4 Å². The molecule has 0 radical (unpaired) electrons. The van der Waals surface area contributed by atoms with E-state index >= 15 is 0 Å². The third-order valence-electron chi connectivity index (χ3n) is 5.06. The molecule has 3 aromatic rings. The first-order valence-corrected chi connectivity index (χ1v) is 9.52. The number of nitrogens with one attached hydrogen (secondary N) is 2. The largest absolute Gasteiger partial charge is 0.497 e. The average molecular weight is 400 g/mol. The molecule has 0 heterocycles. The Labute approximate surface area is 173 Å². The molecule has 1 atom stereocenters. The second kappa shape index (κ2) is 7.83. The first kappa shape index (κ1) is 19.4. The number of hydrogen-bond acceptors (Lipinski definition) is 5. The molecule has 1 aliphatic carbocycles. The normalized spacial score (nSPS) is 13.1. The monoisotopic (exact) mass is 400 g/mol. The van der Waals surface area contributed by atoms with E-state index in [4.69, 9.17) is 4.74 Å². The number of fused-ring (bicyclic) bond motifs is 2. The molecule has 30 heavy (non-hydrogen) atoms. The molecule has 0 bridgehead atoms. The smallest absolute Gasteiger partial charge is 0.246 e. The number of ether oxygens (including phenoxy) is 1. The Kier molecular flexibility index (Phi) is 5.06. The number of anilines is 2. The second-order valence-electron chi connectivity index (χ2n) is 7.05. The maximum Gasteiger partial charge on any atom is 0.246 e. The zero-order valence-electron chi connectivity index (χ0n) is 16.6. The number of carbonyl (C=O) groups excluding carboxylic acids is 3. The summed E-state index contributed by atoms with van der Waals surface area (Å²) in [4.78, 5) is 38.1. The first-order valence-electron chi connectivity index (χ1n) is 9.52. The molecular formula is C24H20N2O4. The van der Waals surface area contributed by atoms with Gasteiger partial charge < -0.3 is 15.4 Å². The van der Waals surface area contributed by atoms with E-state index in [1.807, 2.05) is 12.1 Å². The van der Waals surface area contributed by atoms with Crippen LogP contribution in [0, 0.1) is 0 Å². The molecule has 0 aliphatic heterocycles. The highest BCUT2D eigenvalue weighted by Gasteiger charge is 2.29. The maximum atomic E-state index is 12.8. The summed E-state index contributed by atoms with van der Waals surface area (Å²) in [6, 6.07) is 18.3. The molecular weight excluding hydrogens is 380 g/mol. The molecule has 6 heteroatoms. The fraction of sp³-hybridized carbons (Fsp3) is 0.125. The minimum Gasteiger partial charge on any atom is -0.497 e. The van der Waals surface area contributed by atoms with Crippen LogP contribution in [0.15, 0.2) is 66.7 Å². The Balaban J connectivity index is 1.50. The van der Waals surface area contributed by atoms with E-state index in [2.05, 4.69) is 10.6 Å². The third-order valence-corrected chi connectivity index (χ3v) is 5.06. The number of amides is 1. The lowest BCUT2D eigenvalue weighted by atomic mass is 9.84. The van der Waals surface area contributed by atoms with Crippen LogP contribution in [0.3, 0.4) is 0 Å². The van der Waals surface area contributed by atoms with E-state index in [1.165, 1.54) is 0 Å². The predicted molar refractivity (Wildman–Crippen MR) is 114 cm³/mol. The zero-order chi connectivity index (χ0) is 21.3. The molecule has 0 aromatic heterocycles. The van der Waals surface area contributed by atoms with Crippen molar-refractivity contribution < 1.29 is 19.1 Å². The number of ketones is 2. The van der Waals surface area contributed by atoms with Gasteiger partial charge in [-0.15, -0.1) is 0 Å². The van der Waals surface area contributed by atoms with Gasteiger partial charge in [-0.05, 0) is 49.4 Å². The van der Waals surface area contributed by atoms with Crippen LogP contribution in [-0.2, 0) is 4.79 Å². The van der Waals surface area contributed by atoms with E-state index in [-0.39, 0.29) is 17.5 Å². The van der Waals surface area contributed by atoms with Crippen LogP contribution in [0.5, 0.6) is 5.75 Å². The van der Waals surface area contributed by atoms with Gasteiger partial charge in [0, 0.05) is 33.6 Å². The quantitative estimate of drug-likeness (QED) is 0.531. The molecule has 4 rings (SSSR count). The lowest BCUT2D eigenvalue weighted by molar-refractivity contribution is -0.116. The van der Waals surface area contributed by atoms with Gasteiger partial charge in [0.15, 0.2) is 11.6 Å². The van der Waals surface area contributed by atoms with Crippen LogP contribution in [0.25, 0.3) is 0 Å². The van der Waals surface area contributed by atoms with Crippen molar-refractivity contribution in [1.29, 1.82) is 0 Å². The maximum absolute atomic E-state index is 12.8. The lowest BCUT2D eigenvalue weighted by Gasteiger charge is -2.19. The van der Waals surface area contributed by atoms with E-state index < -0.39 is 6.04 Å². The van der Waals surface area contributed by atoms with Crippen molar-refractivity contribution in [2.45, 2.75) is 13.0 Å². The van der Waals surface area contributed by atoms with Crippen molar-refractivity contribution in [1.82, 2.24) is 0 Å². The molecule has 1 amide bonds. The Hall–Kier alpha value is -3.93. The van der Waals surface area contributed by atoms with E-state index in [0.717, 1.165) is 11.4 Å². The first-order chi connectivity index (χ1) is 14.5. The SMILES string of the molecule is COc1ccc(N[C@@H](C)C(=O)Nc2ccc3c(c2)C(=O)c2ccccc2C3=O)cc1. The highest BCUT2D eigenvalue weighted by molar-refractivity contribution is 6.28. The fourth-order valence-corrected chi connectivity index (χ4v) is 3.43. The number of benzene rings is 3. The number of carbonyl (C=O) groups is 3. The predicted octanol–water partition coefficient (Wildman–Crippen LogP) is 3.91. The molecule has 0 fully saturated rings. The van der Waals surface area contributed by atoms with Crippen LogP contribution >= 0.6 is 0 Å². The van der Waals surface area contributed by atoms with Crippen molar-refractivity contribution in [3.05, 3.63) is 89.0 Å². The highest BCUT2D eigenvalue weighted by Crippen LogP contribution is 2.29. The van der Waals surface area contributed by atoms with Crippen molar-refractivity contribution in [2.24, 2.45) is 0 Å². The van der Waals surface area contributed by atoms with Crippen LogP contribution in [0.1, 0.15) is 38.8 Å². The topological polar surface area (TPSA) is 84.5 Å². The van der Waals surface area contributed by atoms with Crippen molar-refractivity contribution >= 4 is 28.8 Å². The minimum absolute atomic E-state index is 0.187. The zero-order valence-corrected chi connectivity index (χ0v) is 16.6. The van der Waals surface area contributed by atoms with Gasteiger partial charge in [0.2, 0.25) is 5.91 Å². The standard InChI is InChI=1S/C24H20N2O4/c1-14(25-15-7-10-17(30-2)11-8-15)24(29)26-16-9-12-20-21(13-16)23(28)19-6-4-3-5-18(19)22(20)27/h3-14,25H,1-2H3,(H,26,29)/t14-/m0/s1. The van der Waals surface area contributed by atoms with Gasteiger partial charge in [0.25, 0.3) is 0 Å². The summed E-state index contributed by atoms with van der Waals surface area (Å²) in [6.07, 6.45) is 0. The number of methoxy groups -OCH3 is 1. The Morgan fingerprint density at radius 3 is 2.00 bits per heavy atom. The van der Waals surface area contributed by atoms with Gasteiger partial charge in [-0.25, -0.2) is 0 Å². The summed E-state index contributed by atoms with van der Waals surface area (Å²) < 4.78 is 5.13. The average Bonchev–Trinajstić information content (AvgIpc) is 2.78. The van der Waals surface area contributed by atoms with Crippen molar-refractivity contribution in [3.63, 3.8) is 0 Å². The van der Waals surface area contributed by atoms with Crippen molar-refractivity contribution in [2.75, 3.05) is 17.7 Å². The Morgan fingerprint density at radius 1 is 0.800 bits per heavy atom. The summed E-state index contributed by atoms with van der Waals surface area (Å²) in [6.45, 7) is 1.74. The molecule has 0 spiro atoms. The molecule has 0 saturated heterocycles. The lowest BCUT2D eigenvalue weighted by Crippen LogP contribution is -2.32. The van der Waals surface area contributed by atoms with Gasteiger partial charge in [0.1, 0.15) is 11.8 Å². The molecule has 0 unspecified atom stereocenters.